The van der Waals surface area contributed by atoms with Crippen LogP contribution >= 0.6 is 0 Å². The van der Waals surface area contributed by atoms with Crippen molar-refractivity contribution in [1.29, 1.82) is 0 Å². The van der Waals surface area contributed by atoms with E-state index in [0.29, 0.717) is 5.92 Å². The Morgan fingerprint density at radius 2 is 2.12 bits per heavy atom. The number of likely N-dealkylation sites (tertiary alicyclic amines) is 1. The van der Waals surface area contributed by atoms with Gasteiger partial charge in [-0.3, -0.25) is 4.90 Å². The Bertz CT molecular complexity index is 856. The summed E-state index contributed by atoms with van der Waals surface area (Å²) in [6, 6.07) is 14.4. The Morgan fingerprint density at radius 3 is 3.00 bits per heavy atom. The number of hydrogen-bond acceptors (Lipinski definition) is 4. The number of aromatic nitrogens is 1. The zero-order chi connectivity index (χ0) is 16.5. The molecule has 124 valence electrons. The normalized spacial score (nSPS) is 18.3. The number of hydrogen-bond donors (Lipinski definition) is 0. The third kappa shape index (κ3) is 2.89. The first-order valence-corrected chi connectivity index (χ1v) is 8.44. The molecule has 1 saturated heterocycles. The molecule has 2 aromatic carbocycles. The molecule has 0 radical (unpaired) electrons. The zero-order valence-corrected chi connectivity index (χ0v) is 14.2. The molecule has 0 unspecified atom stereocenters. The predicted molar refractivity (Wildman–Crippen MR) is 94.4 cm³/mol. The Kier molecular flexibility index (Phi) is 3.98. The first-order valence-electron chi connectivity index (χ1n) is 8.44. The lowest BCUT2D eigenvalue weighted by atomic mass is 10.1. The van der Waals surface area contributed by atoms with Gasteiger partial charge in [-0.25, -0.2) is 4.98 Å². The van der Waals surface area contributed by atoms with Gasteiger partial charge < -0.3 is 9.15 Å². The average Bonchev–Trinajstić information content (AvgIpc) is 3.21. The smallest absolute Gasteiger partial charge is 0.199 e. The van der Waals surface area contributed by atoms with Crippen molar-refractivity contribution >= 4 is 11.1 Å². The van der Waals surface area contributed by atoms with Gasteiger partial charge in [-0.15, -0.1) is 0 Å². The fourth-order valence-electron chi connectivity index (χ4n) is 3.48. The van der Waals surface area contributed by atoms with Gasteiger partial charge in [-0.05, 0) is 43.7 Å². The van der Waals surface area contributed by atoms with Gasteiger partial charge in [0.25, 0.3) is 0 Å². The zero-order valence-electron chi connectivity index (χ0n) is 14.2. The molecule has 1 aromatic heterocycles. The molecule has 0 saturated carbocycles. The minimum Gasteiger partial charge on any atom is -0.496 e. The fraction of sp³-hybridized carbons (Fsp3) is 0.350. The molecule has 1 aliphatic rings. The monoisotopic (exact) mass is 322 g/mol. The number of para-hydroxylation sites is 1. The molecule has 3 aromatic rings. The topological polar surface area (TPSA) is 38.5 Å². The Labute approximate surface area is 142 Å². The van der Waals surface area contributed by atoms with Gasteiger partial charge in [0.05, 0.1) is 7.11 Å². The second-order valence-electron chi connectivity index (χ2n) is 6.56. The predicted octanol–water partition coefficient (Wildman–Crippen LogP) is 4.13. The van der Waals surface area contributed by atoms with Crippen molar-refractivity contribution < 1.29 is 9.15 Å². The molecule has 1 atom stereocenters. The van der Waals surface area contributed by atoms with Crippen LogP contribution in [-0.2, 0) is 6.54 Å². The van der Waals surface area contributed by atoms with Crippen LogP contribution in [0.15, 0.2) is 46.9 Å². The van der Waals surface area contributed by atoms with Gasteiger partial charge in [-0.1, -0.05) is 24.3 Å². The van der Waals surface area contributed by atoms with Gasteiger partial charge in [0.15, 0.2) is 11.5 Å². The molecule has 4 heteroatoms. The number of rotatable bonds is 4. The van der Waals surface area contributed by atoms with Crippen LogP contribution in [0.3, 0.4) is 0 Å². The number of methoxy groups -OCH3 is 1. The van der Waals surface area contributed by atoms with Crippen molar-refractivity contribution in [2.45, 2.75) is 25.8 Å². The highest BCUT2D eigenvalue weighted by Crippen LogP contribution is 2.31. The summed E-state index contributed by atoms with van der Waals surface area (Å²) in [4.78, 5) is 7.16. The van der Waals surface area contributed by atoms with E-state index in [1.807, 2.05) is 18.2 Å². The summed E-state index contributed by atoms with van der Waals surface area (Å²) in [6.07, 6.45) is 1.08. The van der Waals surface area contributed by atoms with Crippen LogP contribution in [0.25, 0.3) is 11.1 Å². The maximum Gasteiger partial charge on any atom is 0.199 e. The minimum atomic E-state index is 0.368. The quantitative estimate of drug-likeness (QED) is 0.724. The molecule has 4 nitrogen and oxygen atoms in total. The number of fused-ring (bicyclic) bond motifs is 1. The number of oxazole rings is 1. The molecule has 0 aliphatic carbocycles. The highest BCUT2D eigenvalue weighted by molar-refractivity contribution is 5.73. The summed E-state index contributed by atoms with van der Waals surface area (Å²) in [5.74, 6) is 2.20. The molecule has 1 fully saturated rings. The van der Waals surface area contributed by atoms with E-state index in [1.54, 1.807) is 7.11 Å². The van der Waals surface area contributed by atoms with Crippen molar-refractivity contribution in [2.24, 2.45) is 0 Å². The first-order chi connectivity index (χ1) is 11.7. The summed E-state index contributed by atoms with van der Waals surface area (Å²) in [7, 11) is 1.73. The third-order valence-corrected chi connectivity index (χ3v) is 4.77. The fourth-order valence-corrected chi connectivity index (χ4v) is 3.48. The van der Waals surface area contributed by atoms with Crippen LogP contribution in [0.2, 0.25) is 0 Å². The molecule has 0 amide bonds. The highest BCUT2D eigenvalue weighted by Gasteiger charge is 2.28. The highest BCUT2D eigenvalue weighted by atomic mass is 16.5. The van der Waals surface area contributed by atoms with Gasteiger partial charge >= 0.3 is 0 Å². The summed E-state index contributed by atoms with van der Waals surface area (Å²) < 4.78 is 11.4. The van der Waals surface area contributed by atoms with Crippen molar-refractivity contribution in [3.8, 4) is 5.75 Å². The molecule has 0 spiro atoms. The molecule has 2 heterocycles. The van der Waals surface area contributed by atoms with Gasteiger partial charge in [0.2, 0.25) is 0 Å². The molecule has 24 heavy (non-hydrogen) atoms. The van der Waals surface area contributed by atoms with Crippen LogP contribution < -0.4 is 4.74 Å². The van der Waals surface area contributed by atoms with E-state index in [2.05, 4.69) is 36.1 Å². The van der Waals surface area contributed by atoms with Gasteiger partial charge in [-0.2, -0.15) is 0 Å². The lowest BCUT2D eigenvalue weighted by Crippen LogP contribution is -2.20. The SMILES string of the molecule is COc1ccccc1CN1CC[C@@H](c2nc3cc(C)ccc3o2)C1. The summed E-state index contributed by atoms with van der Waals surface area (Å²) in [5, 5.41) is 0. The van der Waals surface area contributed by atoms with E-state index < -0.39 is 0 Å². The van der Waals surface area contributed by atoms with Crippen molar-refractivity contribution in [3.05, 3.63) is 59.5 Å². The summed E-state index contributed by atoms with van der Waals surface area (Å²) >= 11 is 0. The Morgan fingerprint density at radius 1 is 1.25 bits per heavy atom. The van der Waals surface area contributed by atoms with E-state index in [1.165, 1.54) is 11.1 Å². The molecular formula is C20H22N2O2. The minimum absolute atomic E-state index is 0.368. The second-order valence-corrected chi connectivity index (χ2v) is 6.56. The van der Waals surface area contributed by atoms with E-state index in [-0.39, 0.29) is 0 Å². The number of aryl methyl sites for hydroxylation is 1. The summed E-state index contributed by atoms with van der Waals surface area (Å²) in [6.45, 7) is 5.02. The van der Waals surface area contributed by atoms with E-state index in [0.717, 1.165) is 48.8 Å². The summed E-state index contributed by atoms with van der Waals surface area (Å²) in [5.41, 5.74) is 4.30. The van der Waals surface area contributed by atoms with Crippen LogP contribution in [0.4, 0.5) is 0 Å². The molecule has 1 aliphatic heterocycles. The van der Waals surface area contributed by atoms with Gasteiger partial charge in [0.1, 0.15) is 11.3 Å². The van der Waals surface area contributed by atoms with Crippen LogP contribution in [0.1, 0.15) is 29.4 Å². The average molecular weight is 322 g/mol. The van der Waals surface area contributed by atoms with Crippen LogP contribution in [0, 0.1) is 6.92 Å². The van der Waals surface area contributed by atoms with E-state index in [4.69, 9.17) is 14.1 Å². The lowest BCUT2D eigenvalue weighted by Gasteiger charge is -2.17. The number of nitrogens with zero attached hydrogens (tertiary/aromatic N) is 2. The van der Waals surface area contributed by atoms with E-state index >= 15 is 0 Å². The molecule has 0 N–H and O–H groups in total. The van der Waals surface area contributed by atoms with E-state index in [9.17, 15) is 0 Å². The second kappa shape index (κ2) is 6.29. The Balaban J connectivity index is 1.49. The van der Waals surface area contributed by atoms with Gasteiger partial charge in [0, 0.05) is 24.6 Å². The van der Waals surface area contributed by atoms with Crippen LogP contribution in [-0.4, -0.2) is 30.1 Å². The molecule has 0 bridgehead atoms. The number of benzene rings is 2. The van der Waals surface area contributed by atoms with Crippen LogP contribution in [0.5, 0.6) is 5.75 Å². The maximum atomic E-state index is 5.99. The first kappa shape index (κ1) is 15.2. The third-order valence-electron chi connectivity index (χ3n) is 4.77. The molecule has 4 rings (SSSR count). The largest absolute Gasteiger partial charge is 0.496 e. The Hall–Kier alpha value is -2.33. The molecular weight excluding hydrogens is 300 g/mol. The standard InChI is InChI=1S/C20H22N2O2/c1-14-7-8-19-17(11-14)21-20(24-19)16-9-10-22(13-16)12-15-5-3-4-6-18(15)23-2/h3-8,11,16H,9-10,12-13H2,1-2H3/t16-/m1/s1. The van der Waals surface area contributed by atoms with Crippen molar-refractivity contribution in [2.75, 3.05) is 20.2 Å². The number of ether oxygens (including phenoxy) is 1. The lowest BCUT2D eigenvalue weighted by molar-refractivity contribution is 0.312. The van der Waals surface area contributed by atoms with Crippen molar-refractivity contribution in [3.63, 3.8) is 0 Å². The maximum absolute atomic E-state index is 5.99. The van der Waals surface area contributed by atoms with Crippen molar-refractivity contribution in [1.82, 2.24) is 9.88 Å².